The Hall–Kier alpha value is -3.58. The number of hydrogen-bond donors (Lipinski definition) is 2. The lowest BCUT2D eigenvalue weighted by molar-refractivity contribution is -0.135. The number of benzene rings is 1. The number of nitrogens with zero attached hydrogens (tertiary/aromatic N) is 2. The largest absolute Gasteiger partial charge is 0.426 e. The quantitative estimate of drug-likeness (QED) is 0.653. The average Bonchev–Trinajstić information content (AvgIpc) is 3.39. The molecule has 3 N–H and O–H groups in total. The lowest BCUT2D eigenvalue weighted by atomic mass is 9.96. The predicted molar refractivity (Wildman–Crippen MR) is 84.7 cm³/mol. The van der Waals surface area contributed by atoms with E-state index in [1.54, 1.807) is 24.3 Å². The van der Waals surface area contributed by atoms with E-state index >= 15 is 0 Å². The first-order valence-corrected chi connectivity index (χ1v) is 7.23. The Kier molecular flexibility index (Phi) is 3.77. The maximum Gasteiger partial charge on any atom is 0.314 e. The SMILES string of the molecule is N#Cc1c(N)[nH]c(=O)c(C#N)c1-c1cccc(OC(=O)C2CC2)c1. The molecule has 1 aliphatic carbocycles. The lowest BCUT2D eigenvalue weighted by Crippen LogP contribution is -2.16. The number of rotatable bonds is 3. The van der Waals surface area contributed by atoms with Gasteiger partial charge in [-0.15, -0.1) is 0 Å². The summed E-state index contributed by atoms with van der Waals surface area (Å²) in [5, 5.41) is 18.6. The van der Waals surface area contributed by atoms with Crippen LogP contribution in [0.15, 0.2) is 29.1 Å². The third kappa shape index (κ3) is 2.71. The number of nitrogens with one attached hydrogen (secondary N) is 1. The Labute approximate surface area is 136 Å². The highest BCUT2D eigenvalue weighted by atomic mass is 16.5. The number of carbonyl (C=O) groups excluding carboxylic acids is 1. The maximum atomic E-state index is 11.9. The summed E-state index contributed by atoms with van der Waals surface area (Å²) < 4.78 is 5.29. The number of aromatic amines is 1. The zero-order valence-electron chi connectivity index (χ0n) is 12.5. The van der Waals surface area contributed by atoms with E-state index in [2.05, 4.69) is 4.98 Å². The third-order valence-corrected chi connectivity index (χ3v) is 3.72. The molecule has 0 atom stereocenters. The minimum absolute atomic E-state index is 0.00294. The summed E-state index contributed by atoms with van der Waals surface area (Å²) in [7, 11) is 0. The van der Waals surface area contributed by atoms with Gasteiger partial charge in [0.05, 0.1) is 5.92 Å². The zero-order valence-corrected chi connectivity index (χ0v) is 12.5. The molecule has 0 saturated heterocycles. The molecule has 1 saturated carbocycles. The molecule has 7 nitrogen and oxygen atoms in total. The lowest BCUT2D eigenvalue weighted by Gasteiger charge is -2.10. The first kappa shape index (κ1) is 15.3. The highest BCUT2D eigenvalue weighted by Gasteiger charge is 2.31. The standard InChI is InChI=1S/C17H12N4O3/c18-7-12-14(13(8-19)16(22)21-15(12)20)10-2-1-3-11(6-10)24-17(23)9-4-5-9/h1-3,6,9H,4-5H2,(H3,20,21,22). The number of nitrogen functional groups attached to an aromatic ring is 1. The van der Waals surface area contributed by atoms with Crippen LogP contribution in [0.4, 0.5) is 5.82 Å². The van der Waals surface area contributed by atoms with Gasteiger partial charge in [-0.1, -0.05) is 12.1 Å². The first-order valence-electron chi connectivity index (χ1n) is 7.23. The number of pyridine rings is 1. The molecule has 1 aromatic heterocycles. The Morgan fingerprint density at radius 3 is 2.58 bits per heavy atom. The van der Waals surface area contributed by atoms with Crippen LogP contribution in [-0.2, 0) is 4.79 Å². The van der Waals surface area contributed by atoms with Crippen molar-refractivity contribution >= 4 is 11.8 Å². The molecule has 0 radical (unpaired) electrons. The van der Waals surface area contributed by atoms with Gasteiger partial charge in [-0.2, -0.15) is 10.5 Å². The molecule has 0 bridgehead atoms. The van der Waals surface area contributed by atoms with Gasteiger partial charge in [0, 0.05) is 5.56 Å². The Morgan fingerprint density at radius 1 is 1.25 bits per heavy atom. The first-order chi connectivity index (χ1) is 11.5. The number of esters is 1. The van der Waals surface area contributed by atoms with Gasteiger partial charge in [0.1, 0.15) is 34.8 Å². The highest BCUT2D eigenvalue weighted by molar-refractivity contribution is 5.82. The van der Waals surface area contributed by atoms with Crippen LogP contribution < -0.4 is 16.0 Å². The van der Waals surface area contributed by atoms with E-state index in [0.717, 1.165) is 12.8 Å². The number of nitrogens with two attached hydrogens (primary N) is 1. The molecule has 7 heteroatoms. The maximum absolute atomic E-state index is 11.9. The average molecular weight is 320 g/mol. The molecule has 0 unspecified atom stereocenters. The predicted octanol–water partition coefficient (Wildman–Crippen LogP) is 1.68. The monoisotopic (exact) mass is 320 g/mol. The summed E-state index contributed by atoms with van der Waals surface area (Å²) in [5.41, 5.74) is 5.33. The molecular formula is C17H12N4O3. The number of nitriles is 2. The van der Waals surface area contributed by atoms with Crippen molar-refractivity contribution in [3.63, 3.8) is 0 Å². The molecule has 0 amide bonds. The number of hydrogen-bond acceptors (Lipinski definition) is 6. The van der Waals surface area contributed by atoms with E-state index in [-0.39, 0.29) is 40.1 Å². The van der Waals surface area contributed by atoms with Crippen LogP contribution >= 0.6 is 0 Å². The number of anilines is 1. The van der Waals surface area contributed by atoms with Crippen molar-refractivity contribution < 1.29 is 9.53 Å². The summed E-state index contributed by atoms with van der Waals surface area (Å²) >= 11 is 0. The molecule has 3 rings (SSSR count). The van der Waals surface area contributed by atoms with E-state index in [1.165, 1.54) is 6.07 Å². The second-order valence-corrected chi connectivity index (χ2v) is 5.44. The number of aromatic nitrogens is 1. The van der Waals surface area contributed by atoms with Gasteiger partial charge in [-0.25, -0.2) is 0 Å². The van der Waals surface area contributed by atoms with E-state index in [4.69, 9.17) is 10.5 Å². The fourth-order valence-electron chi connectivity index (χ4n) is 2.37. The summed E-state index contributed by atoms with van der Waals surface area (Å²) in [6.45, 7) is 0. The van der Waals surface area contributed by atoms with Crippen LogP contribution in [0.3, 0.4) is 0 Å². The van der Waals surface area contributed by atoms with Crippen molar-refractivity contribution in [2.75, 3.05) is 5.73 Å². The summed E-state index contributed by atoms with van der Waals surface area (Å²) in [6.07, 6.45) is 1.64. The van der Waals surface area contributed by atoms with Crippen LogP contribution in [0.5, 0.6) is 5.75 Å². The molecule has 24 heavy (non-hydrogen) atoms. The number of ether oxygens (including phenoxy) is 1. The van der Waals surface area contributed by atoms with Crippen LogP contribution in [-0.4, -0.2) is 11.0 Å². The van der Waals surface area contributed by atoms with Gasteiger partial charge in [0.25, 0.3) is 5.56 Å². The van der Waals surface area contributed by atoms with Crippen molar-refractivity contribution in [1.82, 2.24) is 4.98 Å². The minimum Gasteiger partial charge on any atom is -0.426 e. The number of H-pyrrole nitrogens is 1. The molecule has 0 spiro atoms. The molecular weight excluding hydrogens is 308 g/mol. The van der Waals surface area contributed by atoms with Gasteiger partial charge >= 0.3 is 5.97 Å². The fraction of sp³-hybridized carbons (Fsp3) is 0.176. The van der Waals surface area contributed by atoms with Gasteiger partial charge < -0.3 is 15.5 Å². The van der Waals surface area contributed by atoms with Crippen LogP contribution in [0.2, 0.25) is 0 Å². The Balaban J connectivity index is 2.12. The normalized spacial score (nSPS) is 12.9. The van der Waals surface area contributed by atoms with Crippen LogP contribution in [0.1, 0.15) is 24.0 Å². The second kappa shape index (κ2) is 5.90. The van der Waals surface area contributed by atoms with Gasteiger partial charge in [0.2, 0.25) is 0 Å². The summed E-state index contributed by atoms with van der Waals surface area (Å²) in [4.78, 5) is 26.0. The van der Waals surface area contributed by atoms with Crippen LogP contribution in [0, 0.1) is 28.6 Å². The number of carbonyl (C=O) groups is 1. The van der Waals surface area contributed by atoms with Gasteiger partial charge in [-0.3, -0.25) is 9.59 Å². The molecule has 1 heterocycles. The van der Waals surface area contributed by atoms with Crippen LogP contribution in [0.25, 0.3) is 11.1 Å². The second-order valence-electron chi connectivity index (χ2n) is 5.44. The summed E-state index contributed by atoms with van der Waals surface area (Å²) in [6, 6.07) is 10.0. The third-order valence-electron chi connectivity index (χ3n) is 3.72. The molecule has 0 aliphatic heterocycles. The van der Waals surface area contributed by atoms with E-state index < -0.39 is 5.56 Å². The van der Waals surface area contributed by atoms with E-state index in [1.807, 2.05) is 6.07 Å². The summed E-state index contributed by atoms with van der Waals surface area (Å²) in [5.74, 6) is -0.195. The molecule has 1 aliphatic rings. The van der Waals surface area contributed by atoms with Gasteiger partial charge in [0.15, 0.2) is 0 Å². The van der Waals surface area contributed by atoms with Crippen molar-refractivity contribution in [3.8, 4) is 29.0 Å². The fourth-order valence-corrected chi connectivity index (χ4v) is 2.37. The molecule has 1 fully saturated rings. The minimum atomic E-state index is -0.677. The van der Waals surface area contributed by atoms with Crippen molar-refractivity contribution in [3.05, 3.63) is 45.7 Å². The highest BCUT2D eigenvalue weighted by Crippen LogP contribution is 2.33. The zero-order chi connectivity index (χ0) is 17.3. The Bertz CT molecular complexity index is 975. The molecule has 2 aromatic rings. The Morgan fingerprint density at radius 2 is 1.96 bits per heavy atom. The van der Waals surface area contributed by atoms with E-state index in [0.29, 0.717) is 5.56 Å². The van der Waals surface area contributed by atoms with E-state index in [9.17, 15) is 20.1 Å². The smallest absolute Gasteiger partial charge is 0.314 e. The van der Waals surface area contributed by atoms with Crippen molar-refractivity contribution in [2.45, 2.75) is 12.8 Å². The molecule has 118 valence electrons. The van der Waals surface area contributed by atoms with Gasteiger partial charge in [-0.05, 0) is 30.5 Å². The van der Waals surface area contributed by atoms with Crippen molar-refractivity contribution in [2.24, 2.45) is 5.92 Å². The molecule has 1 aromatic carbocycles. The van der Waals surface area contributed by atoms with Crippen molar-refractivity contribution in [1.29, 1.82) is 10.5 Å². The topological polar surface area (TPSA) is 133 Å².